The average Bonchev–Trinajstić information content (AvgIpc) is 2.22. The van der Waals surface area contributed by atoms with Crippen molar-refractivity contribution in [2.45, 2.75) is 5.92 Å². The second-order valence-electron chi connectivity index (χ2n) is 2.83. The number of aromatic nitrogens is 1. The Hall–Kier alpha value is -0.840. The van der Waals surface area contributed by atoms with E-state index in [9.17, 15) is 4.79 Å². The summed E-state index contributed by atoms with van der Waals surface area (Å²) in [7, 11) is 1.29. The van der Waals surface area contributed by atoms with Crippen LogP contribution in [0.25, 0.3) is 0 Å². The highest BCUT2D eigenvalue weighted by atomic mass is 35.5. The Morgan fingerprint density at radius 1 is 1.53 bits per heavy atom. The predicted molar refractivity (Wildman–Crippen MR) is 58.1 cm³/mol. The lowest BCUT2D eigenvalue weighted by Crippen LogP contribution is -2.23. The van der Waals surface area contributed by atoms with E-state index in [1.54, 1.807) is 0 Å². The van der Waals surface area contributed by atoms with Gasteiger partial charge < -0.3 is 10.5 Å². The zero-order chi connectivity index (χ0) is 11.4. The minimum absolute atomic E-state index is 0.0795. The molecule has 82 valence electrons. The van der Waals surface area contributed by atoms with Gasteiger partial charge in [-0.2, -0.15) is 0 Å². The normalized spacial score (nSPS) is 12.3. The van der Waals surface area contributed by atoms with E-state index in [0.29, 0.717) is 15.6 Å². The third kappa shape index (κ3) is 2.59. The number of carbonyl (C=O) groups is 1. The summed E-state index contributed by atoms with van der Waals surface area (Å²) in [5.41, 5.74) is 5.94. The van der Waals surface area contributed by atoms with Crippen molar-refractivity contribution in [1.29, 1.82) is 0 Å². The molecule has 1 atom stereocenters. The van der Waals surface area contributed by atoms with Crippen LogP contribution in [0.4, 0.5) is 0 Å². The van der Waals surface area contributed by atoms with Crippen LogP contribution >= 0.6 is 23.2 Å². The maximum absolute atomic E-state index is 11.4. The summed E-state index contributed by atoms with van der Waals surface area (Å²) in [6.45, 7) is 0.0795. The molecule has 1 aromatic heterocycles. The van der Waals surface area contributed by atoms with Crippen LogP contribution in [0.15, 0.2) is 12.4 Å². The summed E-state index contributed by atoms with van der Waals surface area (Å²) < 4.78 is 4.61. The summed E-state index contributed by atoms with van der Waals surface area (Å²) in [5, 5.41) is 0.617. The highest BCUT2D eigenvalue weighted by Gasteiger charge is 2.24. The first kappa shape index (κ1) is 12.2. The summed E-state index contributed by atoms with van der Waals surface area (Å²) >= 11 is 11.8. The van der Waals surface area contributed by atoms with Crippen molar-refractivity contribution < 1.29 is 9.53 Å². The quantitative estimate of drug-likeness (QED) is 0.826. The van der Waals surface area contributed by atoms with Crippen molar-refractivity contribution in [3.05, 3.63) is 28.0 Å². The predicted octanol–water partition coefficient (Wildman–Crippen LogP) is 1.60. The molecule has 1 rings (SSSR count). The Morgan fingerprint density at radius 3 is 2.47 bits per heavy atom. The fourth-order valence-electron chi connectivity index (χ4n) is 1.23. The number of ether oxygens (including phenoxy) is 1. The number of nitrogens with two attached hydrogens (primary N) is 1. The average molecular weight is 249 g/mol. The van der Waals surface area contributed by atoms with Gasteiger partial charge in [0.05, 0.1) is 23.1 Å². The lowest BCUT2D eigenvalue weighted by Gasteiger charge is -2.15. The molecule has 0 spiro atoms. The van der Waals surface area contributed by atoms with E-state index < -0.39 is 11.9 Å². The standard InChI is InChI=1S/C9H10Cl2N2O2/c1-15-9(14)5(2-12)8-6(10)3-13-4-7(8)11/h3-5H,2,12H2,1H3. The van der Waals surface area contributed by atoms with Crippen LogP contribution in [0.1, 0.15) is 11.5 Å². The Labute approximate surface area is 97.3 Å². The minimum Gasteiger partial charge on any atom is -0.469 e. The smallest absolute Gasteiger partial charge is 0.314 e. The van der Waals surface area contributed by atoms with E-state index in [0.717, 1.165) is 0 Å². The molecule has 0 amide bonds. The van der Waals surface area contributed by atoms with Gasteiger partial charge in [-0.25, -0.2) is 0 Å². The third-order valence-corrected chi connectivity index (χ3v) is 2.56. The molecule has 0 saturated heterocycles. The van der Waals surface area contributed by atoms with Gasteiger partial charge in [0.2, 0.25) is 0 Å². The van der Waals surface area contributed by atoms with Gasteiger partial charge in [-0.3, -0.25) is 9.78 Å². The molecule has 1 unspecified atom stereocenters. The fourth-order valence-corrected chi connectivity index (χ4v) is 1.86. The molecule has 0 aliphatic rings. The molecule has 2 N–H and O–H groups in total. The van der Waals surface area contributed by atoms with Crippen LogP contribution in [0.5, 0.6) is 0 Å². The van der Waals surface area contributed by atoms with E-state index in [1.165, 1.54) is 19.5 Å². The Balaban J connectivity index is 3.17. The lowest BCUT2D eigenvalue weighted by atomic mass is 10.0. The van der Waals surface area contributed by atoms with Gasteiger partial charge in [-0.15, -0.1) is 0 Å². The number of esters is 1. The third-order valence-electron chi connectivity index (χ3n) is 1.96. The maximum atomic E-state index is 11.4. The Bertz CT molecular complexity index is 351. The van der Waals surface area contributed by atoms with Gasteiger partial charge in [0.1, 0.15) is 0 Å². The molecule has 0 aromatic carbocycles. The molecule has 4 nitrogen and oxygen atoms in total. The van der Waals surface area contributed by atoms with Crippen molar-refractivity contribution in [1.82, 2.24) is 4.98 Å². The molecule has 0 aliphatic heterocycles. The number of pyridine rings is 1. The zero-order valence-electron chi connectivity index (χ0n) is 8.04. The van der Waals surface area contributed by atoms with Gasteiger partial charge in [0.25, 0.3) is 0 Å². The molecule has 15 heavy (non-hydrogen) atoms. The SMILES string of the molecule is COC(=O)C(CN)c1c(Cl)cncc1Cl. The van der Waals surface area contributed by atoms with E-state index in [4.69, 9.17) is 28.9 Å². The van der Waals surface area contributed by atoms with Gasteiger partial charge in [0, 0.05) is 24.5 Å². The van der Waals surface area contributed by atoms with Crippen molar-refractivity contribution >= 4 is 29.2 Å². The second kappa shape index (κ2) is 5.30. The van der Waals surface area contributed by atoms with Crippen LogP contribution in [0.2, 0.25) is 10.0 Å². The molecule has 0 saturated carbocycles. The highest BCUT2D eigenvalue weighted by molar-refractivity contribution is 6.36. The van der Waals surface area contributed by atoms with Crippen LogP contribution in [0.3, 0.4) is 0 Å². The Kier molecular flexibility index (Phi) is 4.32. The molecule has 1 heterocycles. The van der Waals surface area contributed by atoms with Gasteiger partial charge in [-0.1, -0.05) is 23.2 Å². The summed E-state index contributed by atoms with van der Waals surface area (Å²) in [6.07, 6.45) is 2.82. The lowest BCUT2D eigenvalue weighted by molar-refractivity contribution is -0.142. The molecule has 0 fully saturated rings. The number of nitrogens with zero attached hydrogens (tertiary/aromatic N) is 1. The number of carbonyl (C=O) groups excluding carboxylic acids is 1. The van der Waals surface area contributed by atoms with Crippen molar-refractivity contribution in [2.24, 2.45) is 5.73 Å². The van der Waals surface area contributed by atoms with E-state index in [-0.39, 0.29) is 6.54 Å². The topological polar surface area (TPSA) is 65.2 Å². The number of hydrogen-bond acceptors (Lipinski definition) is 4. The molecule has 0 aliphatic carbocycles. The fraction of sp³-hybridized carbons (Fsp3) is 0.333. The largest absolute Gasteiger partial charge is 0.469 e. The molecule has 0 bridgehead atoms. The molecular formula is C9H10Cl2N2O2. The molecular weight excluding hydrogens is 239 g/mol. The van der Waals surface area contributed by atoms with E-state index in [1.807, 2.05) is 0 Å². The number of methoxy groups -OCH3 is 1. The molecule has 1 aromatic rings. The first-order valence-electron chi connectivity index (χ1n) is 4.18. The van der Waals surface area contributed by atoms with Crippen molar-refractivity contribution in [2.75, 3.05) is 13.7 Å². The number of halogens is 2. The number of hydrogen-bond donors (Lipinski definition) is 1. The maximum Gasteiger partial charge on any atom is 0.314 e. The molecule has 0 radical (unpaired) electrons. The monoisotopic (exact) mass is 248 g/mol. The van der Waals surface area contributed by atoms with Crippen LogP contribution < -0.4 is 5.73 Å². The summed E-state index contributed by atoms with van der Waals surface area (Å²) in [6, 6.07) is 0. The minimum atomic E-state index is -0.655. The van der Waals surface area contributed by atoms with Gasteiger partial charge >= 0.3 is 5.97 Å². The van der Waals surface area contributed by atoms with Gasteiger partial charge in [0.15, 0.2) is 0 Å². The second-order valence-corrected chi connectivity index (χ2v) is 3.64. The van der Waals surface area contributed by atoms with E-state index in [2.05, 4.69) is 9.72 Å². The highest BCUT2D eigenvalue weighted by Crippen LogP contribution is 2.30. The van der Waals surface area contributed by atoms with Crippen molar-refractivity contribution in [3.8, 4) is 0 Å². The van der Waals surface area contributed by atoms with Crippen LogP contribution in [0, 0.1) is 0 Å². The van der Waals surface area contributed by atoms with E-state index >= 15 is 0 Å². The molecule has 6 heteroatoms. The number of rotatable bonds is 3. The summed E-state index contributed by atoms with van der Waals surface area (Å²) in [4.78, 5) is 15.2. The first-order valence-corrected chi connectivity index (χ1v) is 4.94. The zero-order valence-corrected chi connectivity index (χ0v) is 9.55. The Morgan fingerprint density at radius 2 is 2.07 bits per heavy atom. The van der Waals surface area contributed by atoms with Gasteiger partial charge in [-0.05, 0) is 0 Å². The summed E-state index contributed by atoms with van der Waals surface area (Å²) in [5.74, 6) is -1.12. The van der Waals surface area contributed by atoms with Crippen molar-refractivity contribution in [3.63, 3.8) is 0 Å². The van der Waals surface area contributed by atoms with Crippen LogP contribution in [-0.4, -0.2) is 24.6 Å². The van der Waals surface area contributed by atoms with Crippen LogP contribution in [-0.2, 0) is 9.53 Å². The first-order chi connectivity index (χ1) is 7.11.